The number of aromatic nitrogens is 15. The Hall–Kier alpha value is -11.5. The van der Waals surface area contributed by atoms with E-state index in [1.54, 1.807) is 69.2 Å². The maximum Gasteiger partial charge on any atom is 0.248 e. The van der Waals surface area contributed by atoms with Crippen molar-refractivity contribution in [1.29, 1.82) is 0 Å². The summed E-state index contributed by atoms with van der Waals surface area (Å²) in [6.07, 6.45) is 10.4. The molecule has 90 heavy (non-hydrogen) atoms. The van der Waals surface area contributed by atoms with Crippen LogP contribution < -0.4 is 36.1 Å². The average molecular weight is 1210 g/mol. The second-order valence-electron chi connectivity index (χ2n) is 21.6. The molecule has 0 aliphatic carbocycles. The number of carbonyl (C=O) groups is 3. The summed E-state index contributed by atoms with van der Waals surface area (Å²) in [6, 6.07) is 23.6. The standard InChI is InChI=1S/C65H62N18O7/c1-8-81-48(21-34(4)76-81)62-70-31-46-43-23-37(58(67)85)26-52(89-7)55(43)79(64(46)74-62)19-11-12-20-80-56-44(24-38(59(68)86)27-53(56)90-33-35-13-17-41(87-5)18-14-35)47-32-71-63(75-65(47)80)50-29-40(78-83(50)10-3)16-15-39-28-49(82(9-2)77-39)61-69-30-45-42-22-36(57(66)84)25-51(88-6)54(42)72-60(45)73-61/h11-14,17-18,21-32H,8-10,15-16,19-20,33H2,1-7H3,(H2,66,84)(H2,67,85)(H2,68,86)(H,69,72,73)/b12-11+. The summed E-state index contributed by atoms with van der Waals surface area (Å²) in [4.78, 5) is 71.2. The molecule has 4 aromatic carbocycles. The number of amides is 3. The average Bonchev–Trinajstić information content (AvgIpc) is 1.73. The first kappa shape index (κ1) is 57.6. The molecule has 0 fully saturated rings. The Morgan fingerprint density at radius 2 is 0.989 bits per heavy atom. The van der Waals surface area contributed by atoms with Crippen LogP contribution in [0, 0.1) is 6.92 Å². The van der Waals surface area contributed by atoms with Crippen LogP contribution in [-0.4, -0.2) is 112 Å². The summed E-state index contributed by atoms with van der Waals surface area (Å²) < 4.78 is 33.3. The van der Waals surface area contributed by atoms with Gasteiger partial charge in [-0.25, -0.2) is 29.9 Å². The van der Waals surface area contributed by atoms with Crippen molar-refractivity contribution in [2.24, 2.45) is 17.2 Å². The largest absolute Gasteiger partial charge is 0.497 e. The zero-order valence-electron chi connectivity index (χ0n) is 50.4. The van der Waals surface area contributed by atoms with Crippen molar-refractivity contribution in [2.75, 3.05) is 21.3 Å². The summed E-state index contributed by atoms with van der Waals surface area (Å²) in [7, 11) is 4.70. The number of aromatic amines is 1. The molecule has 13 aromatic rings. The van der Waals surface area contributed by atoms with E-state index in [2.05, 4.69) is 10.1 Å². The molecule has 0 aliphatic heterocycles. The molecule has 454 valence electrons. The molecule has 0 spiro atoms. The molecule has 3 amide bonds. The van der Waals surface area contributed by atoms with E-state index in [-0.39, 0.29) is 24.3 Å². The third-order valence-corrected chi connectivity index (χ3v) is 16.1. The fourth-order valence-electron chi connectivity index (χ4n) is 11.8. The lowest BCUT2D eigenvalue weighted by molar-refractivity contribution is 0.0991. The van der Waals surface area contributed by atoms with Crippen LogP contribution in [-0.2, 0) is 52.2 Å². The van der Waals surface area contributed by atoms with Crippen LogP contribution in [0.3, 0.4) is 0 Å². The zero-order valence-corrected chi connectivity index (χ0v) is 50.4. The predicted octanol–water partition coefficient (Wildman–Crippen LogP) is 8.81. The van der Waals surface area contributed by atoms with Crippen molar-refractivity contribution < 1.29 is 33.3 Å². The van der Waals surface area contributed by atoms with E-state index >= 15 is 0 Å². The molecular formula is C65H62N18O7. The number of carbonyl (C=O) groups excluding carboxylic acids is 3. The number of hydrogen-bond donors (Lipinski definition) is 4. The van der Waals surface area contributed by atoms with Crippen LogP contribution >= 0.6 is 0 Å². The molecule has 0 unspecified atom stereocenters. The number of primary amides is 3. The minimum atomic E-state index is -0.628. The molecule has 25 heteroatoms. The van der Waals surface area contributed by atoms with E-state index in [0.29, 0.717) is 151 Å². The smallest absolute Gasteiger partial charge is 0.248 e. The molecule has 25 nitrogen and oxygen atoms in total. The zero-order chi connectivity index (χ0) is 62.6. The third kappa shape index (κ3) is 10.2. The topological polar surface area (TPSA) is 323 Å². The molecule has 7 N–H and O–H groups in total. The number of H-pyrrole nitrogens is 1. The number of methoxy groups -OCH3 is 3. The monoisotopic (exact) mass is 1210 g/mol. The maximum atomic E-state index is 13.1. The Balaban J connectivity index is 0.863. The maximum absolute atomic E-state index is 13.1. The molecular weight excluding hydrogens is 1140 g/mol. The second kappa shape index (κ2) is 23.3. The van der Waals surface area contributed by atoms with Gasteiger partial charge in [0.15, 0.2) is 17.5 Å². The van der Waals surface area contributed by atoms with Gasteiger partial charge in [-0.15, -0.1) is 0 Å². The van der Waals surface area contributed by atoms with Crippen LogP contribution in [0.15, 0.2) is 110 Å². The summed E-state index contributed by atoms with van der Waals surface area (Å²) in [5, 5.41) is 18.8. The number of aryl methyl sites for hydroxylation is 6. The van der Waals surface area contributed by atoms with Crippen LogP contribution in [0.1, 0.15) is 74.5 Å². The lowest BCUT2D eigenvalue weighted by Gasteiger charge is -2.13. The van der Waals surface area contributed by atoms with Gasteiger partial charge in [0.2, 0.25) is 17.7 Å². The molecule has 0 saturated carbocycles. The van der Waals surface area contributed by atoms with E-state index < -0.39 is 17.7 Å². The molecule has 9 heterocycles. The minimum absolute atomic E-state index is 0.162. The third-order valence-electron chi connectivity index (χ3n) is 16.1. The highest BCUT2D eigenvalue weighted by Gasteiger charge is 2.25. The van der Waals surface area contributed by atoms with E-state index in [1.165, 1.54) is 7.11 Å². The first-order chi connectivity index (χ1) is 43.7. The number of allylic oxidation sites excluding steroid dienone is 2. The Morgan fingerprint density at radius 3 is 1.50 bits per heavy atom. The number of nitrogens with zero attached hydrogens (tertiary/aromatic N) is 14. The van der Waals surface area contributed by atoms with Gasteiger partial charge in [-0.2, -0.15) is 15.3 Å². The van der Waals surface area contributed by atoms with Gasteiger partial charge in [0.1, 0.15) is 63.6 Å². The number of benzene rings is 4. The quantitative estimate of drug-likeness (QED) is 0.0460. The molecule has 0 radical (unpaired) electrons. The Morgan fingerprint density at radius 1 is 0.522 bits per heavy atom. The predicted molar refractivity (Wildman–Crippen MR) is 339 cm³/mol. The number of nitrogens with one attached hydrogen (secondary N) is 1. The van der Waals surface area contributed by atoms with Gasteiger partial charge in [0.25, 0.3) is 0 Å². The molecule has 13 rings (SSSR count). The van der Waals surface area contributed by atoms with Crippen molar-refractivity contribution in [3.05, 3.63) is 149 Å². The highest BCUT2D eigenvalue weighted by Crippen LogP contribution is 2.40. The fraction of sp³-hybridized carbons (Fsp3) is 0.231. The van der Waals surface area contributed by atoms with E-state index in [1.807, 2.05) is 105 Å². The van der Waals surface area contributed by atoms with Gasteiger partial charge in [-0.3, -0.25) is 28.4 Å². The first-order valence-electron chi connectivity index (χ1n) is 29.2. The van der Waals surface area contributed by atoms with Crippen molar-refractivity contribution >= 4 is 83.5 Å². The van der Waals surface area contributed by atoms with Crippen molar-refractivity contribution in [3.8, 4) is 57.6 Å². The van der Waals surface area contributed by atoms with E-state index in [4.69, 9.17) is 76.2 Å². The summed E-state index contributed by atoms with van der Waals surface area (Å²) in [6.45, 7) is 10.4. The van der Waals surface area contributed by atoms with E-state index in [9.17, 15) is 14.4 Å². The lowest BCUT2D eigenvalue weighted by Crippen LogP contribution is -2.11. The number of rotatable bonds is 22. The summed E-state index contributed by atoms with van der Waals surface area (Å²) >= 11 is 0. The number of ether oxygens (including phenoxy) is 4. The lowest BCUT2D eigenvalue weighted by atomic mass is 10.1. The normalized spacial score (nSPS) is 11.9. The molecule has 0 bridgehead atoms. The van der Waals surface area contributed by atoms with Gasteiger partial charge in [-0.05, 0) is 113 Å². The highest BCUT2D eigenvalue weighted by molar-refractivity contribution is 6.14. The van der Waals surface area contributed by atoms with Crippen molar-refractivity contribution in [3.63, 3.8) is 0 Å². The molecule has 0 atom stereocenters. The summed E-state index contributed by atoms with van der Waals surface area (Å²) in [5.74, 6) is 1.61. The second-order valence-corrected chi connectivity index (χ2v) is 21.6. The first-order valence-corrected chi connectivity index (χ1v) is 29.2. The molecule has 9 aromatic heterocycles. The van der Waals surface area contributed by atoms with Crippen LogP contribution in [0.2, 0.25) is 0 Å². The molecule has 0 aliphatic rings. The minimum Gasteiger partial charge on any atom is -0.497 e. The highest BCUT2D eigenvalue weighted by atomic mass is 16.5. The fourth-order valence-corrected chi connectivity index (χ4v) is 11.8. The Labute approximate surface area is 513 Å². The number of hydrogen-bond acceptors (Lipinski definition) is 16. The van der Waals surface area contributed by atoms with Gasteiger partial charge >= 0.3 is 0 Å². The van der Waals surface area contributed by atoms with Crippen LogP contribution in [0.25, 0.3) is 100 Å². The molecule has 0 saturated heterocycles. The van der Waals surface area contributed by atoms with Crippen molar-refractivity contribution in [2.45, 2.75) is 79.9 Å². The van der Waals surface area contributed by atoms with Gasteiger partial charge in [-0.1, -0.05) is 24.3 Å². The summed E-state index contributed by atoms with van der Waals surface area (Å²) in [5.41, 5.74) is 27.7. The van der Waals surface area contributed by atoms with Crippen LogP contribution in [0.4, 0.5) is 0 Å². The Kier molecular flexibility index (Phi) is 14.9. The SMILES string of the molecule is CCn1nc(C)cc1-c1ncc2c3cc(C(N)=O)cc(OC)c3n(C/C=C/Cn3c4nc(-c5cc(CCc6cc(-c7ncc8c(n7)[nH]c7c(OC)cc(C(N)=O)cc78)n(CC)n6)nn5CC)ncc4c4cc(C(N)=O)cc(OCc5ccc(OC)cc5)c43)c2n1. The number of nitrogens with two attached hydrogens (primary N) is 3. The van der Waals surface area contributed by atoms with Gasteiger partial charge in [0, 0.05) is 100 Å². The number of fused-ring (bicyclic) bond motifs is 9. The Bertz CT molecular complexity index is 5060. The van der Waals surface area contributed by atoms with Crippen molar-refractivity contribution in [1.82, 2.24) is 73.4 Å². The van der Waals surface area contributed by atoms with Crippen LogP contribution in [0.5, 0.6) is 23.0 Å². The van der Waals surface area contributed by atoms with Gasteiger partial charge in [0.05, 0.1) is 55.0 Å². The van der Waals surface area contributed by atoms with Gasteiger partial charge < -0.3 is 50.3 Å². The van der Waals surface area contributed by atoms with E-state index in [0.717, 1.165) is 39.4 Å².